The minimum atomic E-state index is 0.371. The Morgan fingerprint density at radius 1 is 1.33 bits per heavy atom. The van der Waals surface area contributed by atoms with Crippen LogP contribution in [-0.2, 0) is 0 Å². The van der Waals surface area contributed by atoms with Gasteiger partial charge in [-0.1, -0.05) is 36.7 Å². The first kappa shape index (κ1) is 16.8. The van der Waals surface area contributed by atoms with Gasteiger partial charge in [0.05, 0.1) is 0 Å². The summed E-state index contributed by atoms with van der Waals surface area (Å²) >= 11 is 6.31. The number of rotatable bonds is 6. The van der Waals surface area contributed by atoms with Gasteiger partial charge in [0.25, 0.3) is 0 Å². The third kappa shape index (κ3) is 4.70. The van der Waals surface area contributed by atoms with Gasteiger partial charge in [0.15, 0.2) is 0 Å². The highest BCUT2D eigenvalue weighted by Gasteiger charge is 2.21. The molecule has 1 aromatic rings. The summed E-state index contributed by atoms with van der Waals surface area (Å²) in [7, 11) is 2.21. The quantitative estimate of drug-likeness (QED) is 0.840. The number of benzene rings is 1. The molecule has 0 bridgehead atoms. The van der Waals surface area contributed by atoms with Gasteiger partial charge in [0, 0.05) is 11.1 Å². The molecule has 0 aliphatic carbocycles. The van der Waals surface area contributed by atoms with Crippen molar-refractivity contribution in [3.8, 4) is 0 Å². The van der Waals surface area contributed by atoms with Crippen LogP contribution < -0.4 is 5.32 Å². The average Bonchev–Trinajstić information content (AvgIpc) is 2.53. The summed E-state index contributed by atoms with van der Waals surface area (Å²) in [6.45, 7) is 8.18. The van der Waals surface area contributed by atoms with E-state index in [0.29, 0.717) is 6.04 Å². The Labute approximate surface area is 134 Å². The fourth-order valence-electron chi connectivity index (χ4n) is 3.25. The predicted octanol–water partition coefficient (Wildman–Crippen LogP) is 4.36. The van der Waals surface area contributed by atoms with E-state index in [4.69, 9.17) is 11.6 Å². The van der Waals surface area contributed by atoms with Gasteiger partial charge in [-0.05, 0) is 76.3 Å². The molecule has 1 aliphatic heterocycles. The lowest BCUT2D eigenvalue weighted by Gasteiger charge is -2.31. The highest BCUT2D eigenvalue weighted by molar-refractivity contribution is 6.31. The van der Waals surface area contributed by atoms with Crippen molar-refractivity contribution in [3.05, 3.63) is 34.9 Å². The fraction of sp³-hybridized carbons (Fsp3) is 0.667. The van der Waals surface area contributed by atoms with Crippen LogP contribution in [0, 0.1) is 11.8 Å². The molecule has 1 aliphatic rings. The molecule has 1 aromatic carbocycles. The maximum Gasteiger partial charge on any atom is 0.0453 e. The molecular weight excluding hydrogens is 280 g/mol. The Hall–Kier alpha value is -0.570. The average molecular weight is 309 g/mol. The van der Waals surface area contributed by atoms with Crippen LogP contribution in [-0.4, -0.2) is 31.6 Å². The molecule has 1 saturated heterocycles. The first-order valence-electron chi connectivity index (χ1n) is 8.25. The molecule has 1 heterocycles. The molecular formula is C18H29ClN2. The second-order valence-corrected chi connectivity index (χ2v) is 6.96. The number of nitrogens with zero attached hydrogens (tertiary/aromatic N) is 1. The summed E-state index contributed by atoms with van der Waals surface area (Å²) in [6, 6.07) is 8.56. The van der Waals surface area contributed by atoms with Crippen molar-refractivity contribution >= 4 is 11.6 Å². The first-order chi connectivity index (χ1) is 10.1. The summed E-state index contributed by atoms with van der Waals surface area (Å²) in [5, 5.41) is 4.40. The van der Waals surface area contributed by atoms with Gasteiger partial charge >= 0.3 is 0 Å². The number of hydrogen-bond donors (Lipinski definition) is 1. The number of piperidine rings is 1. The lowest BCUT2D eigenvalue weighted by atomic mass is 9.85. The van der Waals surface area contributed by atoms with Crippen molar-refractivity contribution < 1.29 is 0 Å². The number of nitrogens with one attached hydrogen (secondary N) is 1. The smallest absolute Gasteiger partial charge is 0.0453 e. The Morgan fingerprint density at radius 2 is 2.10 bits per heavy atom. The van der Waals surface area contributed by atoms with Gasteiger partial charge in [-0.25, -0.2) is 0 Å². The van der Waals surface area contributed by atoms with Crippen LogP contribution in [0.5, 0.6) is 0 Å². The predicted molar refractivity (Wildman–Crippen MR) is 91.9 cm³/mol. The lowest BCUT2D eigenvalue weighted by Crippen LogP contribution is -2.34. The van der Waals surface area contributed by atoms with Gasteiger partial charge < -0.3 is 5.32 Å². The summed E-state index contributed by atoms with van der Waals surface area (Å²) in [4.78, 5) is 2.42. The molecule has 3 unspecified atom stereocenters. The van der Waals surface area contributed by atoms with E-state index in [1.165, 1.54) is 37.9 Å². The maximum atomic E-state index is 6.31. The molecule has 1 N–H and O–H groups in total. The highest BCUT2D eigenvalue weighted by atomic mass is 35.5. The summed E-state index contributed by atoms with van der Waals surface area (Å²) in [5.41, 5.74) is 1.23. The van der Waals surface area contributed by atoms with E-state index in [1.807, 2.05) is 12.1 Å². The lowest BCUT2D eigenvalue weighted by molar-refractivity contribution is 0.206. The van der Waals surface area contributed by atoms with Crippen molar-refractivity contribution in [2.75, 3.05) is 26.7 Å². The third-order valence-corrected chi connectivity index (χ3v) is 5.44. The molecule has 1 fully saturated rings. The van der Waals surface area contributed by atoms with Crippen LogP contribution in [0.2, 0.25) is 5.02 Å². The molecule has 2 nitrogen and oxygen atoms in total. The Balaban J connectivity index is 1.83. The van der Waals surface area contributed by atoms with Crippen molar-refractivity contribution in [1.82, 2.24) is 10.2 Å². The van der Waals surface area contributed by atoms with Gasteiger partial charge in [-0.2, -0.15) is 0 Å². The zero-order valence-corrected chi connectivity index (χ0v) is 14.4. The van der Waals surface area contributed by atoms with E-state index in [2.05, 4.69) is 43.2 Å². The monoisotopic (exact) mass is 308 g/mol. The molecule has 0 aromatic heterocycles. The van der Waals surface area contributed by atoms with E-state index in [1.54, 1.807) is 0 Å². The Bertz CT molecular complexity index is 429. The minimum absolute atomic E-state index is 0.371. The highest BCUT2D eigenvalue weighted by Crippen LogP contribution is 2.28. The zero-order chi connectivity index (χ0) is 15.2. The maximum absolute atomic E-state index is 6.31. The number of halogens is 1. The van der Waals surface area contributed by atoms with E-state index >= 15 is 0 Å². The summed E-state index contributed by atoms with van der Waals surface area (Å²) < 4.78 is 0. The molecule has 0 amide bonds. The minimum Gasteiger partial charge on any atom is -0.316 e. The zero-order valence-electron chi connectivity index (χ0n) is 13.6. The van der Waals surface area contributed by atoms with Crippen LogP contribution in [0.25, 0.3) is 0 Å². The van der Waals surface area contributed by atoms with Gasteiger partial charge in [-0.15, -0.1) is 0 Å². The van der Waals surface area contributed by atoms with Crippen LogP contribution in [0.3, 0.4) is 0 Å². The van der Waals surface area contributed by atoms with Crippen LogP contribution >= 0.6 is 11.6 Å². The molecule has 3 heteroatoms. The van der Waals surface area contributed by atoms with Crippen molar-refractivity contribution in [1.29, 1.82) is 0 Å². The van der Waals surface area contributed by atoms with Gasteiger partial charge in [-0.3, -0.25) is 4.90 Å². The van der Waals surface area contributed by atoms with Crippen LogP contribution in [0.4, 0.5) is 0 Å². The van der Waals surface area contributed by atoms with Crippen molar-refractivity contribution in [2.24, 2.45) is 11.8 Å². The topological polar surface area (TPSA) is 15.3 Å². The van der Waals surface area contributed by atoms with Gasteiger partial charge in [0.2, 0.25) is 0 Å². The van der Waals surface area contributed by atoms with Crippen molar-refractivity contribution in [2.45, 2.75) is 39.2 Å². The standard InChI is InChI=1S/C18H29ClN2/c1-14(16-7-6-11-20-13-16)10-12-21(3)15(2)17-8-4-5-9-18(17)19/h4-5,8-9,14-16,20H,6-7,10-13H2,1-3H3. The molecule has 0 spiro atoms. The van der Waals surface area contributed by atoms with Crippen molar-refractivity contribution in [3.63, 3.8) is 0 Å². The second kappa shape index (κ2) is 8.17. The third-order valence-electron chi connectivity index (χ3n) is 5.09. The molecule has 2 rings (SSSR count). The van der Waals surface area contributed by atoms with E-state index in [9.17, 15) is 0 Å². The Kier molecular flexibility index (Phi) is 6.53. The van der Waals surface area contributed by atoms with E-state index in [-0.39, 0.29) is 0 Å². The molecule has 21 heavy (non-hydrogen) atoms. The second-order valence-electron chi connectivity index (χ2n) is 6.55. The molecule has 0 saturated carbocycles. The van der Waals surface area contributed by atoms with Gasteiger partial charge in [0.1, 0.15) is 0 Å². The normalized spacial score (nSPS) is 22.2. The number of hydrogen-bond acceptors (Lipinski definition) is 2. The molecule has 118 valence electrons. The fourth-order valence-corrected chi connectivity index (χ4v) is 3.55. The van der Waals surface area contributed by atoms with Crippen LogP contribution in [0.15, 0.2) is 24.3 Å². The van der Waals surface area contributed by atoms with Crippen LogP contribution in [0.1, 0.15) is 44.7 Å². The largest absolute Gasteiger partial charge is 0.316 e. The first-order valence-corrected chi connectivity index (χ1v) is 8.62. The van der Waals surface area contributed by atoms with E-state index in [0.717, 1.165) is 23.4 Å². The SMILES string of the molecule is CC(CCN(C)C(C)c1ccccc1Cl)C1CCCNC1. The summed E-state index contributed by atoms with van der Waals surface area (Å²) in [6.07, 6.45) is 3.98. The molecule has 0 radical (unpaired) electrons. The summed E-state index contributed by atoms with van der Waals surface area (Å²) in [5.74, 6) is 1.64. The Morgan fingerprint density at radius 3 is 2.76 bits per heavy atom. The van der Waals surface area contributed by atoms with E-state index < -0.39 is 0 Å². The molecule has 3 atom stereocenters.